The smallest absolute Gasteiger partial charge is 0.220 e. The maximum atomic E-state index is 11.8. The Morgan fingerprint density at radius 1 is 1.21 bits per heavy atom. The van der Waals surface area contributed by atoms with Crippen LogP contribution >= 0.6 is 0 Å². The molecule has 1 unspecified atom stereocenters. The van der Waals surface area contributed by atoms with Crippen LogP contribution in [-0.2, 0) is 4.79 Å². The van der Waals surface area contributed by atoms with Gasteiger partial charge < -0.3 is 15.5 Å². The maximum Gasteiger partial charge on any atom is 0.220 e. The number of piperidine rings is 2. The Balaban J connectivity index is 1.49. The second-order valence-electron chi connectivity index (χ2n) is 6.00. The van der Waals surface area contributed by atoms with Crippen molar-refractivity contribution in [3.05, 3.63) is 0 Å². The second-order valence-corrected chi connectivity index (χ2v) is 6.00. The van der Waals surface area contributed by atoms with E-state index in [1.807, 2.05) is 0 Å². The molecule has 4 heteroatoms. The third-order valence-electron chi connectivity index (χ3n) is 4.38. The summed E-state index contributed by atoms with van der Waals surface area (Å²) >= 11 is 0. The molecule has 0 aromatic heterocycles. The normalized spacial score (nSPS) is 25.2. The van der Waals surface area contributed by atoms with Gasteiger partial charge in [0.05, 0.1) is 0 Å². The van der Waals surface area contributed by atoms with E-state index < -0.39 is 0 Å². The topological polar surface area (TPSA) is 44.4 Å². The molecular formula is C15H29N3O. The van der Waals surface area contributed by atoms with Crippen molar-refractivity contribution in [3.63, 3.8) is 0 Å². The van der Waals surface area contributed by atoms with Crippen molar-refractivity contribution in [1.82, 2.24) is 15.5 Å². The van der Waals surface area contributed by atoms with E-state index in [1.54, 1.807) is 0 Å². The molecule has 2 aliphatic heterocycles. The molecule has 2 heterocycles. The standard InChI is InChI=1S/C15H29N3O/c19-15(7-6-14-5-4-8-16-13-14)17-9-12-18-10-2-1-3-11-18/h14,16H,1-13H2,(H,17,19). The quantitative estimate of drug-likeness (QED) is 0.764. The van der Waals surface area contributed by atoms with Gasteiger partial charge >= 0.3 is 0 Å². The molecule has 2 saturated heterocycles. The van der Waals surface area contributed by atoms with Crippen molar-refractivity contribution >= 4 is 5.91 Å². The Morgan fingerprint density at radius 3 is 2.79 bits per heavy atom. The van der Waals surface area contributed by atoms with Crippen LogP contribution in [0.15, 0.2) is 0 Å². The fourth-order valence-corrected chi connectivity index (χ4v) is 3.13. The molecule has 2 aliphatic rings. The zero-order valence-electron chi connectivity index (χ0n) is 12.1. The van der Waals surface area contributed by atoms with Gasteiger partial charge in [-0.15, -0.1) is 0 Å². The average Bonchev–Trinajstić information content (AvgIpc) is 2.47. The Labute approximate surface area is 117 Å². The van der Waals surface area contributed by atoms with Crippen molar-refractivity contribution < 1.29 is 4.79 Å². The monoisotopic (exact) mass is 267 g/mol. The predicted molar refractivity (Wildman–Crippen MR) is 78.1 cm³/mol. The largest absolute Gasteiger partial charge is 0.355 e. The average molecular weight is 267 g/mol. The van der Waals surface area contributed by atoms with Crippen LogP contribution < -0.4 is 10.6 Å². The van der Waals surface area contributed by atoms with E-state index in [4.69, 9.17) is 0 Å². The van der Waals surface area contributed by atoms with Crippen LogP contribution in [0.1, 0.15) is 44.9 Å². The summed E-state index contributed by atoms with van der Waals surface area (Å²) in [6, 6.07) is 0. The molecule has 0 radical (unpaired) electrons. The first-order chi connectivity index (χ1) is 9.34. The van der Waals surface area contributed by atoms with Crippen LogP contribution in [0.25, 0.3) is 0 Å². The lowest BCUT2D eigenvalue weighted by Gasteiger charge is -2.26. The lowest BCUT2D eigenvalue weighted by Crippen LogP contribution is -2.38. The minimum atomic E-state index is 0.239. The summed E-state index contributed by atoms with van der Waals surface area (Å²) in [4.78, 5) is 14.2. The van der Waals surface area contributed by atoms with Crippen molar-refractivity contribution in [2.45, 2.75) is 44.9 Å². The summed E-state index contributed by atoms with van der Waals surface area (Å²) in [5.74, 6) is 0.948. The SMILES string of the molecule is O=C(CCC1CCCNC1)NCCN1CCCCC1. The van der Waals surface area contributed by atoms with E-state index in [0.717, 1.165) is 32.6 Å². The lowest BCUT2D eigenvalue weighted by molar-refractivity contribution is -0.121. The lowest BCUT2D eigenvalue weighted by atomic mass is 9.94. The number of likely N-dealkylation sites (tertiary alicyclic amines) is 1. The van der Waals surface area contributed by atoms with Crippen LogP contribution in [0.3, 0.4) is 0 Å². The van der Waals surface area contributed by atoms with E-state index in [2.05, 4.69) is 15.5 Å². The van der Waals surface area contributed by atoms with Gasteiger partial charge in [-0.25, -0.2) is 0 Å². The summed E-state index contributed by atoms with van der Waals surface area (Å²) in [6.45, 7) is 6.52. The molecule has 0 aliphatic carbocycles. The number of carbonyl (C=O) groups is 1. The fraction of sp³-hybridized carbons (Fsp3) is 0.933. The van der Waals surface area contributed by atoms with Gasteiger partial charge in [0, 0.05) is 19.5 Å². The fourth-order valence-electron chi connectivity index (χ4n) is 3.13. The van der Waals surface area contributed by atoms with Crippen molar-refractivity contribution in [2.24, 2.45) is 5.92 Å². The molecule has 0 saturated carbocycles. The van der Waals surface area contributed by atoms with Gasteiger partial charge in [-0.05, 0) is 64.2 Å². The van der Waals surface area contributed by atoms with Crippen LogP contribution in [0.5, 0.6) is 0 Å². The third-order valence-corrected chi connectivity index (χ3v) is 4.38. The van der Waals surface area contributed by atoms with Crippen LogP contribution in [0, 0.1) is 5.92 Å². The predicted octanol–water partition coefficient (Wildman–Crippen LogP) is 1.37. The van der Waals surface area contributed by atoms with E-state index in [9.17, 15) is 4.79 Å². The van der Waals surface area contributed by atoms with E-state index in [0.29, 0.717) is 12.3 Å². The zero-order chi connectivity index (χ0) is 13.3. The number of carbonyl (C=O) groups excluding carboxylic acids is 1. The van der Waals surface area contributed by atoms with Crippen LogP contribution in [0.4, 0.5) is 0 Å². The number of nitrogens with zero attached hydrogens (tertiary/aromatic N) is 1. The first-order valence-electron chi connectivity index (χ1n) is 8.04. The molecule has 2 N–H and O–H groups in total. The highest BCUT2D eigenvalue weighted by Gasteiger charge is 2.14. The maximum absolute atomic E-state index is 11.8. The third kappa shape index (κ3) is 5.91. The molecule has 1 amide bonds. The van der Waals surface area contributed by atoms with E-state index >= 15 is 0 Å². The molecule has 0 bridgehead atoms. The first-order valence-corrected chi connectivity index (χ1v) is 8.04. The number of nitrogens with one attached hydrogen (secondary N) is 2. The molecule has 0 aromatic rings. The summed E-state index contributed by atoms with van der Waals surface area (Å²) < 4.78 is 0. The van der Waals surface area contributed by atoms with Gasteiger partial charge in [0.15, 0.2) is 0 Å². The summed E-state index contributed by atoms with van der Waals surface area (Å²) in [6.07, 6.45) is 8.31. The first kappa shape index (κ1) is 14.8. The molecule has 4 nitrogen and oxygen atoms in total. The number of amides is 1. The highest BCUT2D eigenvalue weighted by atomic mass is 16.1. The summed E-state index contributed by atoms with van der Waals surface area (Å²) in [7, 11) is 0. The molecule has 0 spiro atoms. The minimum absolute atomic E-state index is 0.239. The highest BCUT2D eigenvalue weighted by Crippen LogP contribution is 2.15. The van der Waals surface area contributed by atoms with Gasteiger partial charge in [0.1, 0.15) is 0 Å². The number of hydrogen-bond acceptors (Lipinski definition) is 3. The Morgan fingerprint density at radius 2 is 2.05 bits per heavy atom. The molecule has 19 heavy (non-hydrogen) atoms. The Bertz CT molecular complexity index is 258. The minimum Gasteiger partial charge on any atom is -0.355 e. The molecule has 2 fully saturated rings. The van der Waals surface area contributed by atoms with E-state index in [1.165, 1.54) is 45.2 Å². The van der Waals surface area contributed by atoms with Gasteiger partial charge in [-0.2, -0.15) is 0 Å². The van der Waals surface area contributed by atoms with Crippen LogP contribution in [-0.4, -0.2) is 50.1 Å². The number of rotatable bonds is 6. The van der Waals surface area contributed by atoms with Crippen molar-refractivity contribution in [1.29, 1.82) is 0 Å². The van der Waals surface area contributed by atoms with Crippen molar-refractivity contribution in [3.8, 4) is 0 Å². The highest BCUT2D eigenvalue weighted by molar-refractivity contribution is 5.75. The van der Waals surface area contributed by atoms with Gasteiger partial charge in [-0.1, -0.05) is 6.42 Å². The van der Waals surface area contributed by atoms with Gasteiger partial charge in [0.2, 0.25) is 5.91 Å². The molecule has 0 aromatic carbocycles. The second kappa shape index (κ2) is 8.54. The molecule has 110 valence electrons. The summed E-state index contributed by atoms with van der Waals surface area (Å²) in [5, 5.41) is 6.47. The Kier molecular flexibility index (Phi) is 6.65. The molecule has 1 atom stereocenters. The number of hydrogen-bond donors (Lipinski definition) is 2. The van der Waals surface area contributed by atoms with Crippen LogP contribution in [0.2, 0.25) is 0 Å². The van der Waals surface area contributed by atoms with Gasteiger partial charge in [0.25, 0.3) is 0 Å². The molecule has 2 rings (SSSR count). The Hall–Kier alpha value is -0.610. The summed E-state index contributed by atoms with van der Waals surface area (Å²) in [5.41, 5.74) is 0. The van der Waals surface area contributed by atoms with E-state index in [-0.39, 0.29) is 5.91 Å². The van der Waals surface area contributed by atoms with Crippen molar-refractivity contribution in [2.75, 3.05) is 39.3 Å². The zero-order valence-corrected chi connectivity index (χ0v) is 12.1. The molecular weight excluding hydrogens is 238 g/mol. The van der Waals surface area contributed by atoms with Gasteiger partial charge in [-0.3, -0.25) is 4.79 Å².